The van der Waals surface area contributed by atoms with Crippen molar-refractivity contribution in [3.63, 3.8) is 0 Å². The van der Waals surface area contributed by atoms with Gasteiger partial charge in [-0.05, 0) is 61.7 Å². The van der Waals surface area contributed by atoms with Gasteiger partial charge in [-0.1, -0.05) is 12.1 Å². The van der Waals surface area contributed by atoms with Gasteiger partial charge in [-0.15, -0.1) is 0 Å². The summed E-state index contributed by atoms with van der Waals surface area (Å²) in [6.45, 7) is 4.03. The maximum absolute atomic E-state index is 11.8. The Morgan fingerprint density at radius 2 is 1.76 bits per heavy atom. The lowest BCUT2D eigenvalue weighted by atomic mass is 10.2. The van der Waals surface area contributed by atoms with E-state index >= 15 is 0 Å². The van der Waals surface area contributed by atoms with Gasteiger partial charge >= 0.3 is 5.97 Å². The van der Waals surface area contributed by atoms with E-state index in [1.54, 1.807) is 24.3 Å². The standard InChI is InChI=1S/C20H23NO4/c1-15-6-5-7-19(14-15)24-13-4-3-8-20(23)25-18-11-9-17(10-12-18)21-16(2)22/h5-7,9-12,14H,3-4,8,13H2,1-2H3,(H,21,22). The molecule has 0 heterocycles. The van der Waals surface area contributed by atoms with E-state index in [4.69, 9.17) is 9.47 Å². The quantitative estimate of drug-likeness (QED) is 0.446. The van der Waals surface area contributed by atoms with Crippen molar-refractivity contribution in [2.24, 2.45) is 0 Å². The summed E-state index contributed by atoms with van der Waals surface area (Å²) in [6, 6.07) is 14.6. The van der Waals surface area contributed by atoms with Gasteiger partial charge in [0.15, 0.2) is 0 Å². The molecule has 25 heavy (non-hydrogen) atoms. The molecule has 132 valence electrons. The average molecular weight is 341 g/mol. The first-order chi connectivity index (χ1) is 12.0. The van der Waals surface area contributed by atoms with Crippen molar-refractivity contribution in [2.45, 2.75) is 33.1 Å². The van der Waals surface area contributed by atoms with Crippen LogP contribution in [0.15, 0.2) is 48.5 Å². The number of benzene rings is 2. The lowest BCUT2D eigenvalue weighted by molar-refractivity contribution is -0.134. The third-order valence-corrected chi connectivity index (χ3v) is 3.44. The molecule has 0 unspecified atom stereocenters. The second-order valence-electron chi connectivity index (χ2n) is 5.80. The second-order valence-corrected chi connectivity index (χ2v) is 5.80. The monoisotopic (exact) mass is 341 g/mol. The van der Waals surface area contributed by atoms with E-state index in [1.165, 1.54) is 6.92 Å². The Labute approximate surface area is 148 Å². The van der Waals surface area contributed by atoms with Crippen LogP contribution >= 0.6 is 0 Å². The molecular formula is C20H23NO4. The summed E-state index contributed by atoms with van der Waals surface area (Å²) in [5.41, 5.74) is 1.83. The first kappa shape index (κ1) is 18.5. The number of anilines is 1. The summed E-state index contributed by atoms with van der Waals surface area (Å²) in [5.74, 6) is 0.900. The van der Waals surface area contributed by atoms with E-state index in [0.717, 1.165) is 17.7 Å². The number of nitrogens with one attached hydrogen (secondary N) is 1. The van der Waals surface area contributed by atoms with Crippen molar-refractivity contribution in [3.05, 3.63) is 54.1 Å². The fourth-order valence-electron chi connectivity index (χ4n) is 2.26. The SMILES string of the molecule is CC(=O)Nc1ccc(OC(=O)CCCCOc2cccc(C)c2)cc1. The van der Waals surface area contributed by atoms with Crippen molar-refractivity contribution in [1.29, 1.82) is 0 Å². The summed E-state index contributed by atoms with van der Waals surface area (Å²) in [6.07, 6.45) is 1.82. The van der Waals surface area contributed by atoms with Crippen LogP contribution < -0.4 is 14.8 Å². The molecule has 0 aromatic heterocycles. The summed E-state index contributed by atoms with van der Waals surface area (Å²) in [7, 11) is 0. The largest absolute Gasteiger partial charge is 0.494 e. The van der Waals surface area contributed by atoms with Crippen LogP contribution in [0.25, 0.3) is 0 Å². The van der Waals surface area contributed by atoms with Gasteiger partial charge in [0.1, 0.15) is 11.5 Å². The zero-order valence-corrected chi connectivity index (χ0v) is 14.6. The van der Waals surface area contributed by atoms with Crippen molar-refractivity contribution in [2.75, 3.05) is 11.9 Å². The molecule has 5 nitrogen and oxygen atoms in total. The maximum atomic E-state index is 11.8. The first-order valence-corrected chi connectivity index (χ1v) is 8.31. The fraction of sp³-hybridized carbons (Fsp3) is 0.300. The first-order valence-electron chi connectivity index (χ1n) is 8.31. The number of aryl methyl sites for hydroxylation is 1. The number of ether oxygens (including phenoxy) is 2. The van der Waals surface area contributed by atoms with Gasteiger partial charge in [0.2, 0.25) is 5.91 Å². The fourth-order valence-corrected chi connectivity index (χ4v) is 2.26. The zero-order chi connectivity index (χ0) is 18.1. The van der Waals surface area contributed by atoms with Gasteiger partial charge in [-0.2, -0.15) is 0 Å². The molecule has 0 bridgehead atoms. The lowest BCUT2D eigenvalue weighted by Crippen LogP contribution is -2.09. The molecule has 2 rings (SSSR count). The Bertz CT molecular complexity index is 710. The Morgan fingerprint density at radius 3 is 2.44 bits per heavy atom. The van der Waals surface area contributed by atoms with Crippen LogP contribution in [-0.4, -0.2) is 18.5 Å². The van der Waals surface area contributed by atoms with Gasteiger partial charge in [0, 0.05) is 19.0 Å². The summed E-state index contributed by atoms with van der Waals surface area (Å²) in [5, 5.41) is 2.66. The highest BCUT2D eigenvalue weighted by atomic mass is 16.5. The van der Waals surface area contributed by atoms with E-state index in [-0.39, 0.29) is 11.9 Å². The van der Waals surface area contributed by atoms with Crippen LogP contribution in [0, 0.1) is 6.92 Å². The third-order valence-electron chi connectivity index (χ3n) is 3.44. The number of carbonyl (C=O) groups excluding carboxylic acids is 2. The topological polar surface area (TPSA) is 64.6 Å². The number of rotatable bonds is 8. The smallest absolute Gasteiger partial charge is 0.311 e. The lowest BCUT2D eigenvalue weighted by Gasteiger charge is -2.07. The minimum absolute atomic E-state index is 0.141. The molecule has 2 aromatic carbocycles. The third kappa shape index (κ3) is 7.08. The normalized spacial score (nSPS) is 10.2. The number of hydrogen-bond donors (Lipinski definition) is 1. The average Bonchev–Trinajstić information content (AvgIpc) is 2.56. The highest BCUT2D eigenvalue weighted by Gasteiger charge is 2.05. The zero-order valence-electron chi connectivity index (χ0n) is 14.6. The molecule has 1 amide bonds. The molecule has 1 N–H and O–H groups in total. The predicted octanol–water partition coefficient (Wildman–Crippen LogP) is 4.11. The molecule has 5 heteroatoms. The van der Waals surface area contributed by atoms with Crippen molar-refractivity contribution in [1.82, 2.24) is 0 Å². The molecule has 0 saturated heterocycles. The molecule has 0 atom stereocenters. The summed E-state index contributed by atoms with van der Waals surface area (Å²) >= 11 is 0. The molecule has 2 aromatic rings. The van der Waals surface area contributed by atoms with Crippen molar-refractivity contribution in [3.8, 4) is 11.5 Å². The van der Waals surface area contributed by atoms with E-state index in [9.17, 15) is 9.59 Å². The summed E-state index contributed by atoms with van der Waals surface area (Å²) < 4.78 is 10.9. The molecule has 0 aliphatic carbocycles. The Hall–Kier alpha value is -2.82. The van der Waals surface area contributed by atoms with E-state index in [2.05, 4.69) is 5.32 Å². The highest BCUT2D eigenvalue weighted by Crippen LogP contribution is 2.17. The molecule has 0 aliphatic rings. The van der Waals surface area contributed by atoms with Gasteiger partial charge < -0.3 is 14.8 Å². The number of esters is 1. The molecule has 0 spiro atoms. The van der Waals surface area contributed by atoms with E-state index in [1.807, 2.05) is 31.2 Å². The molecule has 0 aliphatic heterocycles. The van der Waals surface area contributed by atoms with Crippen LogP contribution in [0.4, 0.5) is 5.69 Å². The van der Waals surface area contributed by atoms with Crippen LogP contribution in [0.1, 0.15) is 31.7 Å². The van der Waals surface area contributed by atoms with Crippen LogP contribution in [0.3, 0.4) is 0 Å². The number of amides is 1. The van der Waals surface area contributed by atoms with Crippen LogP contribution in [0.5, 0.6) is 11.5 Å². The Kier molecular flexibility index (Phi) is 7.01. The number of hydrogen-bond acceptors (Lipinski definition) is 4. The van der Waals surface area contributed by atoms with Crippen LogP contribution in [0.2, 0.25) is 0 Å². The minimum atomic E-state index is -0.275. The summed E-state index contributed by atoms with van der Waals surface area (Å²) in [4.78, 5) is 22.8. The van der Waals surface area contributed by atoms with Gasteiger partial charge in [-0.3, -0.25) is 9.59 Å². The second kappa shape index (κ2) is 9.47. The Balaban J connectivity index is 1.64. The highest BCUT2D eigenvalue weighted by molar-refractivity contribution is 5.88. The van der Waals surface area contributed by atoms with E-state index in [0.29, 0.717) is 30.9 Å². The van der Waals surface area contributed by atoms with Gasteiger partial charge in [0.05, 0.1) is 6.61 Å². The van der Waals surface area contributed by atoms with Gasteiger partial charge in [-0.25, -0.2) is 0 Å². The molecular weight excluding hydrogens is 318 g/mol. The van der Waals surface area contributed by atoms with Gasteiger partial charge in [0.25, 0.3) is 0 Å². The molecule has 0 radical (unpaired) electrons. The maximum Gasteiger partial charge on any atom is 0.311 e. The van der Waals surface area contributed by atoms with Crippen molar-refractivity contribution >= 4 is 17.6 Å². The Morgan fingerprint density at radius 1 is 1.00 bits per heavy atom. The van der Waals surface area contributed by atoms with Crippen LogP contribution in [-0.2, 0) is 9.59 Å². The predicted molar refractivity (Wildman–Crippen MR) is 96.9 cm³/mol. The minimum Gasteiger partial charge on any atom is -0.494 e. The molecule has 0 saturated carbocycles. The number of carbonyl (C=O) groups is 2. The molecule has 0 fully saturated rings. The van der Waals surface area contributed by atoms with E-state index < -0.39 is 0 Å². The van der Waals surface area contributed by atoms with Crippen molar-refractivity contribution < 1.29 is 19.1 Å². The number of unbranched alkanes of at least 4 members (excludes halogenated alkanes) is 1.